The molecule has 0 aliphatic carbocycles. The van der Waals surface area contributed by atoms with Gasteiger partial charge in [0.2, 0.25) is 5.82 Å². The summed E-state index contributed by atoms with van der Waals surface area (Å²) in [5.74, 6) is -0.0409. The molecule has 150 valence electrons. The highest BCUT2D eigenvalue weighted by Crippen LogP contribution is 2.27. The van der Waals surface area contributed by atoms with Crippen molar-refractivity contribution in [3.8, 4) is 5.69 Å². The normalized spacial score (nSPS) is 19.1. The van der Waals surface area contributed by atoms with Crippen molar-refractivity contribution in [3.63, 3.8) is 0 Å². The number of aromatic nitrogens is 3. The van der Waals surface area contributed by atoms with E-state index in [2.05, 4.69) is 10.1 Å². The third-order valence-electron chi connectivity index (χ3n) is 5.30. The molecular weight excluding hydrogens is 369 g/mol. The number of para-hydroxylation sites is 1. The molecule has 2 atom stereocenters. The largest absolute Gasteiger partial charge is 0.334 e. The van der Waals surface area contributed by atoms with Crippen molar-refractivity contribution in [2.75, 3.05) is 13.1 Å². The SMILES string of the molecule is CC(C)c1nc(C(=O)N2C[C@@H](N)[C@H](c3ccccc3)C2)nn1-c1ccccc1F. The third-order valence-corrected chi connectivity index (χ3v) is 5.30. The summed E-state index contributed by atoms with van der Waals surface area (Å²) in [6.45, 7) is 4.82. The minimum absolute atomic E-state index is 0.0263. The van der Waals surface area contributed by atoms with Crippen LogP contribution in [0.5, 0.6) is 0 Å². The molecule has 6 nitrogen and oxygen atoms in total. The van der Waals surface area contributed by atoms with E-state index in [-0.39, 0.29) is 35.3 Å². The Labute approximate surface area is 169 Å². The van der Waals surface area contributed by atoms with E-state index in [1.54, 1.807) is 23.1 Å². The molecule has 0 spiro atoms. The molecule has 0 radical (unpaired) electrons. The van der Waals surface area contributed by atoms with Crippen molar-refractivity contribution < 1.29 is 9.18 Å². The van der Waals surface area contributed by atoms with Crippen molar-refractivity contribution in [2.45, 2.75) is 31.7 Å². The van der Waals surface area contributed by atoms with Crippen molar-refractivity contribution in [1.29, 1.82) is 0 Å². The van der Waals surface area contributed by atoms with Crippen molar-refractivity contribution in [3.05, 3.63) is 77.6 Å². The Bertz CT molecular complexity index is 1020. The number of benzene rings is 2. The Morgan fingerprint density at radius 1 is 1.10 bits per heavy atom. The number of hydrogen-bond acceptors (Lipinski definition) is 4. The maximum absolute atomic E-state index is 14.3. The number of nitrogens with two attached hydrogens (primary N) is 1. The zero-order chi connectivity index (χ0) is 20.5. The van der Waals surface area contributed by atoms with Crippen LogP contribution in [-0.2, 0) is 0 Å². The zero-order valence-corrected chi connectivity index (χ0v) is 16.5. The second-order valence-electron chi connectivity index (χ2n) is 7.70. The predicted molar refractivity (Wildman–Crippen MR) is 108 cm³/mol. The summed E-state index contributed by atoms with van der Waals surface area (Å²) in [4.78, 5) is 19.2. The molecule has 0 saturated carbocycles. The van der Waals surface area contributed by atoms with E-state index in [1.807, 2.05) is 44.2 Å². The Morgan fingerprint density at radius 2 is 1.79 bits per heavy atom. The van der Waals surface area contributed by atoms with Gasteiger partial charge in [-0.25, -0.2) is 14.1 Å². The van der Waals surface area contributed by atoms with Crippen LogP contribution in [0.3, 0.4) is 0 Å². The van der Waals surface area contributed by atoms with Crippen LogP contribution in [-0.4, -0.2) is 44.7 Å². The first-order valence-corrected chi connectivity index (χ1v) is 9.77. The number of nitrogens with zero attached hydrogens (tertiary/aromatic N) is 4. The average molecular weight is 393 g/mol. The molecule has 2 aromatic carbocycles. The summed E-state index contributed by atoms with van der Waals surface area (Å²) in [5, 5.41) is 4.36. The predicted octanol–water partition coefficient (Wildman–Crippen LogP) is 3.10. The van der Waals surface area contributed by atoms with Gasteiger partial charge in [0, 0.05) is 31.0 Å². The number of carbonyl (C=O) groups excluding carboxylic acids is 1. The highest BCUT2D eigenvalue weighted by molar-refractivity contribution is 5.91. The lowest BCUT2D eigenvalue weighted by atomic mass is 9.95. The topological polar surface area (TPSA) is 77.0 Å². The minimum Gasteiger partial charge on any atom is -0.334 e. The van der Waals surface area contributed by atoms with E-state index < -0.39 is 5.82 Å². The number of likely N-dealkylation sites (tertiary alicyclic amines) is 1. The van der Waals surface area contributed by atoms with E-state index in [4.69, 9.17) is 5.73 Å². The second kappa shape index (κ2) is 7.75. The highest BCUT2D eigenvalue weighted by Gasteiger charge is 2.36. The number of rotatable bonds is 4. The summed E-state index contributed by atoms with van der Waals surface area (Å²) in [6, 6.07) is 16.1. The van der Waals surface area contributed by atoms with E-state index in [9.17, 15) is 9.18 Å². The van der Waals surface area contributed by atoms with E-state index in [0.717, 1.165) is 5.56 Å². The molecule has 1 aliphatic heterocycles. The van der Waals surface area contributed by atoms with Crippen LogP contribution in [0.1, 0.15) is 47.7 Å². The van der Waals surface area contributed by atoms with Gasteiger partial charge in [0.05, 0.1) is 0 Å². The summed E-state index contributed by atoms with van der Waals surface area (Å²) in [5.41, 5.74) is 7.72. The molecule has 0 unspecified atom stereocenters. The zero-order valence-electron chi connectivity index (χ0n) is 16.5. The number of hydrogen-bond donors (Lipinski definition) is 1. The maximum Gasteiger partial charge on any atom is 0.293 e. The van der Waals surface area contributed by atoms with E-state index >= 15 is 0 Å². The Morgan fingerprint density at radius 3 is 2.48 bits per heavy atom. The number of carbonyl (C=O) groups is 1. The van der Waals surface area contributed by atoms with Crippen molar-refractivity contribution >= 4 is 5.91 Å². The highest BCUT2D eigenvalue weighted by atomic mass is 19.1. The molecule has 1 saturated heterocycles. The van der Waals surface area contributed by atoms with Gasteiger partial charge in [0.25, 0.3) is 5.91 Å². The monoisotopic (exact) mass is 393 g/mol. The summed E-state index contributed by atoms with van der Waals surface area (Å²) in [6.07, 6.45) is 0. The quantitative estimate of drug-likeness (QED) is 0.739. The van der Waals surface area contributed by atoms with Crippen LogP contribution in [0.4, 0.5) is 4.39 Å². The molecular formula is C22H24FN5O. The van der Waals surface area contributed by atoms with Crippen molar-refractivity contribution in [2.24, 2.45) is 5.73 Å². The standard InChI is InChI=1S/C22H24FN5O/c1-14(2)21-25-20(26-28(21)19-11-7-6-10-17(19)23)22(29)27-12-16(18(24)13-27)15-8-4-3-5-9-15/h3-11,14,16,18H,12-13,24H2,1-2H3/t16-,18+/m0/s1. The fourth-order valence-electron chi connectivity index (χ4n) is 3.78. The first kappa shape index (κ1) is 19.3. The first-order valence-electron chi connectivity index (χ1n) is 9.77. The average Bonchev–Trinajstić information content (AvgIpc) is 3.33. The van der Waals surface area contributed by atoms with Gasteiger partial charge >= 0.3 is 0 Å². The molecule has 1 fully saturated rings. The molecule has 29 heavy (non-hydrogen) atoms. The van der Waals surface area contributed by atoms with Gasteiger partial charge < -0.3 is 10.6 Å². The molecule has 2 heterocycles. The molecule has 1 aliphatic rings. The summed E-state index contributed by atoms with van der Waals surface area (Å²) in [7, 11) is 0. The van der Waals surface area contributed by atoms with Crippen LogP contribution in [0.25, 0.3) is 5.69 Å². The fraction of sp³-hybridized carbons (Fsp3) is 0.318. The first-order chi connectivity index (χ1) is 14.0. The lowest BCUT2D eigenvalue weighted by Gasteiger charge is -2.14. The van der Waals surface area contributed by atoms with Gasteiger partial charge in [-0.2, -0.15) is 0 Å². The summed E-state index contributed by atoms with van der Waals surface area (Å²) < 4.78 is 15.7. The molecule has 3 aromatic rings. The van der Waals surface area contributed by atoms with Crippen LogP contribution in [0.2, 0.25) is 0 Å². The molecule has 0 bridgehead atoms. The van der Waals surface area contributed by atoms with Gasteiger partial charge in [0.15, 0.2) is 0 Å². The van der Waals surface area contributed by atoms with E-state index in [1.165, 1.54) is 10.7 Å². The molecule has 4 rings (SSSR count). The molecule has 7 heteroatoms. The van der Waals surface area contributed by atoms with Gasteiger partial charge in [-0.3, -0.25) is 4.79 Å². The van der Waals surface area contributed by atoms with Gasteiger partial charge in [-0.15, -0.1) is 5.10 Å². The van der Waals surface area contributed by atoms with Gasteiger partial charge in [-0.1, -0.05) is 56.3 Å². The summed E-state index contributed by atoms with van der Waals surface area (Å²) >= 11 is 0. The smallest absolute Gasteiger partial charge is 0.293 e. The van der Waals surface area contributed by atoms with Crippen LogP contribution in [0.15, 0.2) is 54.6 Å². The lowest BCUT2D eigenvalue weighted by molar-refractivity contribution is 0.0777. The Balaban J connectivity index is 1.63. The Hall–Kier alpha value is -3.06. The van der Waals surface area contributed by atoms with Gasteiger partial charge in [-0.05, 0) is 17.7 Å². The second-order valence-corrected chi connectivity index (χ2v) is 7.70. The minimum atomic E-state index is -0.411. The molecule has 2 N–H and O–H groups in total. The van der Waals surface area contributed by atoms with Gasteiger partial charge in [0.1, 0.15) is 17.3 Å². The fourth-order valence-corrected chi connectivity index (χ4v) is 3.78. The van der Waals surface area contributed by atoms with Crippen LogP contribution in [0, 0.1) is 5.82 Å². The number of amides is 1. The molecule has 1 aromatic heterocycles. The maximum atomic E-state index is 14.3. The lowest BCUT2D eigenvalue weighted by Crippen LogP contribution is -2.32. The third kappa shape index (κ3) is 3.65. The van der Waals surface area contributed by atoms with Crippen LogP contribution >= 0.6 is 0 Å². The number of halogens is 1. The van der Waals surface area contributed by atoms with E-state index in [0.29, 0.717) is 18.9 Å². The van der Waals surface area contributed by atoms with Crippen LogP contribution < -0.4 is 5.73 Å². The molecule has 1 amide bonds. The van der Waals surface area contributed by atoms with Crippen molar-refractivity contribution in [1.82, 2.24) is 19.7 Å². The Kier molecular flexibility index (Phi) is 5.15.